The molecule has 0 atom stereocenters. The fraction of sp³-hybridized carbons (Fsp3) is 0.0588. The number of hydrogen-bond acceptors (Lipinski definition) is 5. The molecule has 1 aromatic heterocycles. The second kappa shape index (κ2) is 6.68. The van der Waals surface area contributed by atoms with Gasteiger partial charge in [0, 0.05) is 17.3 Å². The highest BCUT2D eigenvalue weighted by Gasteiger charge is 2.30. The van der Waals surface area contributed by atoms with Gasteiger partial charge in [-0.2, -0.15) is 0 Å². The molecule has 3 aromatic rings. The van der Waals surface area contributed by atoms with Crippen molar-refractivity contribution < 1.29 is 22.3 Å². The van der Waals surface area contributed by atoms with Gasteiger partial charge in [-0.25, -0.2) is 0 Å². The molecule has 0 unspecified atom stereocenters. The number of aromatic nitrogens is 2. The van der Waals surface area contributed by atoms with E-state index in [1.807, 2.05) is 0 Å². The molecule has 3 rings (SSSR count). The maximum absolute atomic E-state index is 12.1. The SMILES string of the molecule is Nc1cccc(-c2nnc(/C=C/c3ccc(OC(F)(F)F)cc3)o2)c1. The molecule has 0 saturated heterocycles. The Bertz CT molecular complexity index is 887. The van der Waals surface area contributed by atoms with E-state index in [-0.39, 0.29) is 11.6 Å². The summed E-state index contributed by atoms with van der Waals surface area (Å²) in [4.78, 5) is 0. The van der Waals surface area contributed by atoms with Gasteiger partial charge in [0.25, 0.3) is 0 Å². The van der Waals surface area contributed by atoms with Crippen LogP contribution < -0.4 is 10.5 Å². The van der Waals surface area contributed by atoms with Crippen molar-refractivity contribution in [3.05, 3.63) is 60.0 Å². The van der Waals surface area contributed by atoms with Crippen LogP contribution in [0.2, 0.25) is 0 Å². The summed E-state index contributed by atoms with van der Waals surface area (Å²) in [5.74, 6) is 0.292. The molecule has 5 nitrogen and oxygen atoms in total. The fourth-order valence-corrected chi connectivity index (χ4v) is 2.04. The molecule has 0 aliphatic carbocycles. The van der Waals surface area contributed by atoms with Crippen molar-refractivity contribution in [2.45, 2.75) is 6.36 Å². The van der Waals surface area contributed by atoms with Crippen molar-refractivity contribution in [3.8, 4) is 17.2 Å². The molecule has 0 bridgehead atoms. The number of nitrogens with zero attached hydrogens (tertiary/aromatic N) is 2. The van der Waals surface area contributed by atoms with Crippen LogP contribution in [-0.4, -0.2) is 16.6 Å². The van der Waals surface area contributed by atoms with Crippen molar-refractivity contribution >= 4 is 17.8 Å². The van der Waals surface area contributed by atoms with Crippen LogP contribution in [0, 0.1) is 0 Å². The number of anilines is 1. The summed E-state index contributed by atoms with van der Waals surface area (Å²) >= 11 is 0. The zero-order chi connectivity index (χ0) is 17.9. The molecule has 2 aromatic carbocycles. The topological polar surface area (TPSA) is 74.2 Å². The summed E-state index contributed by atoms with van der Waals surface area (Å²) in [7, 11) is 0. The summed E-state index contributed by atoms with van der Waals surface area (Å²) in [5.41, 5.74) is 7.63. The average molecular weight is 347 g/mol. The molecule has 0 fully saturated rings. The summed E-state index contributed by atoms with van der Waals surface area (Å²) in [6.07, 6.45) is -1.52. The number of nitrogens with two attached hydrogens (primary N) is 1. The van der Waals surface area contributed by atoms with Crippen LogP contribution in [0.4, 0.5) is 18.9 Å². The van der Waals surface area contributed by atoms with Gasteiger partial charge in [-0.1, -0.05) is 18.2 Å². The smallest absolute Gasteiger partial charge is 0.417 e. The molecule has 0 aliphatic heterocycles. The van der Waals surface area contributed by atoms with Crippen LogP contribution in [0.3, 0.4) is 0 Å². The Labute approximate surface area is 140 Å². The molecule has 128 valence electrons. The quantitative estimate of drug-likeness (QED) is 0.709. The van der Waals surface area contributed by atoms with E-state index in [9.17, 15) is 13.2 Å². The van der Waals surface area contributed by atoms with Crippen LogP contribution >= 0.6 is 0 Å². The van der Waals surface area contributed by atoms with Crippen molar-refractivity contribution in [1.82, 2.24) is 10.2 Å². The summed E-state index contributed by atoms with van der Waals surface area (Å²) in [6, 6.07) is 12.4. The van der Waals surface area contributed by atoms with Gasteiger partial charge in [-0.15, -0.1) is 23.4 Å². The third-order valence-corrected chi connectivity index (χ3v) is 3.11. The van der Waals surface area contributed by atoms with E-state index in [4.69, 9.17) is 10.2 Å². The molecule has 0 saturated carbocycles. The van der Waals surface area contributed by atoms with E-state index >= 15 is 0 Å². The van der Waals surface area contributed by atoms with Crippen LogP contribution in [0.1, 0.15) is 11.5 Å². The molecular weight excluding hydrogens is 335 g/mol. The molecular formula is C17H12F3N3O2. The van der Waals surface area contributed by atoms with Gasteiger partial charge >= 0.3 is 6.36 Å². The third-order valence-electron chi connectivity index (χ3n) is 3.11. The average Bonchev–Trinajstić information content (AvgIpc) is 3.02. The zero-order valence-corrected chi connectivity index (χ0v) is 12.7. The first-order chi connectivity index (χ1) is 11.9. The Balaban J connectivity index is 1.70. The van der Waals surface area contributed by atoms with Crippen LogP contribution in [0.15, 0.2) is 52.9 Å². The number of nitrogen functional groups attached to an aromatic ring is 1. The third kappa shape index (κ3) is 4.60. The number of halogens is 3. The van der Waals surface area contributed by atoms with Gasteiger partial charge in [0.15, 0.2) is 0 Å². The molecule has 8 heteroatoms. The minimum absolute atomic E-state index is 0.257. The van der Waals surface area contributed by atoms with E-state index in [1.165, 1.54) is 24.3 Å². The van der Waals surface area contributed by atoms with Crippen LogP contribution in [-0.2, 0) is 0 Å². The lowest BCUT2D eigenvalue weighted by atomic mass is 10.2. The lowest BCUT2D eigenvalue weighted by Crippen LogP contribution is -2.16. The van der Waals surface area contributed by atoms with Gasteiger partial charge in [-0.3, -0.25) is 0 Å². The van der Waals surface area contributed by atoms with E-state index < -0.39 is 6.36 Å². The molecule has 0 aliphatic rings. The maximum Gasteiger partial charge on any atom is 0.573 e. The Morgan fingerprint density at radius 2 is 1.76 bits per heavy atom. The normalized spacial score (nSPS) is 11.8. The molecule has 1 heterocycles. The minimum atomic E-state index is -4.71. The van der Waals surface area contributed by atoms with Crippen molar-refractivity contribution in [1.29, 1.82) is 0 Å². The Morgan fingerprint density at radius 3 is 2.44 bits per heavy atom. The monoisotopic (exact) mass is 347 g/mol. The predicted octanol–water partition coefficient (Wildman–Crippen LogP) is 4.39. The van der Waals surface area contributed by atoms with Gasteiger partial charge in [0.2, 0.25) is 11.8 Å². The minimum Gasteiger partial charge on any atom is -0.417 e. The highest BCUT2D eigenvalue weighted by Crippen LogP contribution is 2.24. The van der Waals surface area contributed by atoms with Gasteiger partial charge in [0.1, 0.15) is 5.75 Å². The van der Waals surface area contributed by atoms with Crippen LogP contribution in [0.5, 0.6) is 5.75 Å². The maximum atomic E-state index is 12.1. The number of rotatable bonds is 4. The second-order valence-electron chi connectivity index (χ2n) is 5.02. The lowest BCUT2D eigenvalue weighted by Gasteiger charge is -2.08. The Hall–Kier alpha value is -3.29. The van der Waals surface area contributed by atoms with Gasteiger partial charge in [-0.05, 0) is 42.0 Å². The first kappa shape index (κ1) is 16.6. The Kier molecular flexibility index (Phi) is 4.42. The van der Waals surface area contributed by atoms with Crippen LogP contribution in [0.25, 0.3) is 23.6 Å². The standard InChI is InChI=1S/C17H12F3N3O2/c18-17(19,20)25-14-7-4-11(5-8-14)6-9-15-22-23-16(24-15)12-2-1-3-13(21)10-12/h1-10H,21H2/b9-6+. The molecule has 0 amide bonds. The number of alkyl halides is 3. The largest absolute Gasteiger partial charge is 0.573 e. The number of hydrogen-bond donors (Lipinski definition) is 1. The van der Waals surface area contributed by atoms with E-state index in [0.717, 1.165) is 0 Å². The molecule has 0 radical (unpaired) electrons. The van der Waals surface area contributed by atoms with Crippen molar-refractivity contribution in [2.75, 3.05) is 5.73 Å². The predicted molar refractivity (Wildman–Crippen MR) is 86.2 cm³/mol. The first-order valence-electron chi connectivity index (χ1n) is 7.12. The van der Waals surface area contributed by atoms with Gasteiger partial charge in [0.05, 0.1) is 0 Å². The van der Waals surface area contributed by atoms with E-state index in [0.29, 0.717) is 22.7 Å². The summed E-state index contributed by atoms with van der Waals surface area (Å²) in [6.45, 7) is 0. The van der Waals surface area contributed by atoms with E-state index in [1.54, 1.807) is 36.4 Å². The second-order valence-corrected chi connectivity index (χ2v) is 5.02. The molecule has 0 spiro atoms. The molecule has 2 N–H and O–H groups in total. The summed E-state index contributed by atoms with van der Waals surface area (Å²) < 4.78 is 45.6. The zero-order valence-electron chi connectivity index (χ0n) is 12.7. The first-order valence-corrected chi connectivity index (χ1v) is 7.12. The fourth-order valence-electron chi connectivity index (χ4n) is 2.04. The van der Waals surface area contributed by atoms with Crippen molar-refractivity contribution in [3.63, 3.8) is 0 Å². The number of benzene rings is 2. The van der Waals surface area contributed by atoms with Crippen molar-refractivity contribution in [2.24, 2.45) is 0 Å². The van der Waals surface area contributed by atoms with E-state index in [2.05, 4.69) is 14.9 Å². The highest BCUT2D eigenvalue weighted by atomic mass is 19.4. The lowest BCUT2D eigenvalue weighted by molar-refractivity contribution is -0.274. The highest BCUT2D eigenvalue weighted by molar-refractivity contribution is 5.67. The Morgan fingerprint density at radius 1 is 1.00 bits per heavy atom. The van der Waals surface area contributed by atoms with Gasteiger partial charge < -0.3 is 14.9 Å². The molecule has 25 heavy (non-hydrogen) atoms. The summed E-state index contributed by atoms with van der Waals surface area (Å²) in [5, 5.41) is 7.81. The number of ether oxygens (including phenoxy) is 1.